The fourth-order valence-electron chi connectivity index (χ4n) is 9.56. The van der Waals surface area contributed by atoms with Crippen molar-refractivity contribution in [3.63, 3.8) is 0 Å². The normalized spacial score (nSPS) is 11.5. The minimum absolute atomic E-state index is 0.890. The van der Waals surface area contributed by atoms with Gasteiger partial charge in [-0.25, -0.2) is 0 Å². The first-order valence-corrected chi connectivity index (χ1v) is 21.5. The van der Waals surface area contributed by atoms with E-state index in [1.807, 2.05) is 6.07 Å². The second-order valence-corrected chi connectivity index (χ2v) is 16.0. The Balaban J connectivity index is 1.08. The standard InChI is InChI=1S/C60H40N2O/c1-2-18-41(19-3-1)42-36-38-43(39-37-42)46-22-4-10-30-54(46)61(45-21-16-20-44(40-45)47-28-17-29-53-52-27-9-15-35-59(52)63-60(47)53)55-31-11-5-23-48(55)49-24-6-12-32-56(49)62-57-33-13-7-25-50(57)51-26-8-14-34-58(51)62/h1-40H. The van der Waals surface area contributed by atoms with Crippen LogP contribution in [0.15, 0.2) is 247 Å². The molecule has 0 aliphatic carbocycles. The Kier molecular flexibility index (Phi) is 8.83. The third-order valence-corrected chi connectivity index (χ3v) is 12.4. The summed E-state index contributed by atoms with van der Waals surface area (Å²) in [5.74, 6) is 0. The van der Waals surface area contributed by atoms with Crippen LogP contribution in [-0.2, 0) is 0 Å². The van der Waals surface area contributed by atoms with E-state index in [9.17, 15) is 0 Å². The van der Waals surface area contributed by atoms with E-state index in [4.69, 9.17) is 4.42 Å². The molecular weight excluding hydrogens is 765 g/mol. The highest BCUT2D eigenvalue weighted by Crippen LogP contribution is 2.48. The number of benzene rings is 10. The summed E-state index contributed by atoms with van der Waals surface area (Å²) in [7, 11) is 0. The van der Waals surface area contributed by atoms with E-state index in [-0.39, 0.29) is 0 Å². The average molecular weight is 805 g/mol. The largest absolute Gasteiger partial charge is 0.455 e. The number of fused-ring (bicyclic) bond motifs is 6. The Hall–Kier alpha value is -8.40. The molecule has 2 aromatic heterocycles. The quantitative estimate of drug-likeness (QED) is 0.153. The molecule has 3 nitrogen and oxygen atoms in total. The number of nitrogens with zero attached hydrogens (tertiary/aromatic N) is 2. The van der Waals surface area contributed by atoms with Crippen LogP contribution < -0.4 is 4.90 Å². The first-order chi connectivity index (χ1) is 31.3. The van der Waals surface area contributed by atoms with Crippen LogP contribution >= 0.6 is 0 Å². The van der Waals surface area contributed by atoms with Gasteiger partial charge in [0.2, 0.25) is 0 Å². The van der Waals surface area contributed by atoms with Crippen molar-refractivity contribution in [2.75, 3.05) is 4.90 Å². The van der Waals surface area contributed by atoms with Gasteiger partial charge in [-0.3, -0.25) is 0 Å². The minimum Gasteiger partial charge on any atom is -0.455 e. The van der Waals surface area contributed by atoms with Crippen molar-refractivity contribution >= 4 is 60.8 Å². The maximum atomic E-state index is 6.60. The Bertz CT molecular complexity index is 3580. The lowest BCUT2D eigenvalue weighted by Crippen LogP contribution is -2.13. The summed E-state index contributed by atoms with van der Waals surface area (Å²) in [5.41, 5.74) is 17.5. The molecule has 0 saturated heterocycles. The van der Waals surface area contributed by atoms with Crippen LogP contribution in [-0.4, -0.2) is 4.57 Å². The molecule has 0 unspecified atom stereocenters. The van der Waals surface area contributed by atoms with Crippen LogP contribution in [0.3, 0.4) is 0 Å². The number of para-hydroxylation sites is 7. The van der Waals surface area contributed by atoms with Gasteiger partial charge >= 0.3 is 0 Å². The summed E-state index contributed by atoms with van der Waals surface area (Å²) in [4.78, 5) is 2.45. The second kappa shape index (κ2) is 15.3. The third kappa shape index (κ3) is 6.21. The van der Waals surface area contributed by atoms with Gasteiger partial charge < -0.3 is 13.9 Å². The molecule has 0 radical (unpaired) electrons. The van der Waals surface area contributed by atoms with Gasteiger partial charge in [0, 0.05) is 49.5 Å². The molecule has 2 heterocycles. The summed E-state index contributed by atoms with van der Waals surface area (Å²) in [6.07, 6.45) is 0. The Morgan fingerprint density at radius 1 is 0.317 bits per heavy atom. The molecule has 296 valence electrons. The summed E-state index contributed by atoms with van der Waals surface area (Å²) in [6, 6.07) is 87.2. The van der Waals surface area contributed by atoms with Gasteiger partial charge in [-0.15, -0.1) is 0 Å². The lowest BCUT2D eigenvalue weighted by Gasteiger charge is -2.30. The van der Waals surface area contributed by atoms with Crippen molar-refractivity contribution in [2.24, 2.45) is 0 Å². The highest BCUT2D eigenvalue weighted by Gasteiger charge is 2.24. The molecule has 12 rings (SSSR count). The molecular formula is C60H40N2O. The lowest BCUT2D eigenvalue weighted by atomic mass is 9.96. The topological polar surface area (TPSA) is 21.3 Å². The highest BCUT2D eigenvalue weighted by molar-refractivity contribution is 6.11. The van der Waals surface area contributed by atoms with Crippen molar-refractivity contribution in [3.8, 4) is 50.2 Å². The van der Waals surface area contributed by atoms with Gasteiger partial charge in [-0.1, -0.05) is 194 Å². The van der Waals surface area contributed by atoms with Crippen LogP contribution in [0.5, 0.6) is 0 Å². The summed E-state index contributed by atoms with van der Waals surface area (Å²) in [5, 5.41) is 4.71. The van der Waals surface area contributed by atoms with E-state index >= 15 is 0 Å². The average Bonchev–Trinajstić information content (AvgIpc) is 3.91. The van der Waals surface area contributed by atoms with Crippen LogP contribution in [0, 0.1) is 0 Å². The third-order valence-electron chi connectivity index (χ3n) is 12.4. The van der Waals surface area contributed by atoms with Crippen molar-refractivity contribution in [2.45, 2.75) is 0 Å². The van der Waals surface area contributed by atoms with E-state index in [0.29, 0.717) is 0 Å². The van der Waals surface area contributed by atoms with E-state index in [0.717, 1.165) is 78.1 Å². The lowest BCUT2D eigenvalue weighted by molar-refractivity contribution is 0.670. The van der Waals surface area contributed by atoms with Crippen molar-refractivity contribution in [1.82, 2.24) is 4.57 Å². The van der Waals surface area contributed by atoms with Gasteiger partial charge in [-0.2, -0.15) is 0 Å². The first-order valence-electron chi connectivity index (χ1n) is 21.5. The summed E-state index contributed by atoms with van der Waals surface area (Å²) in [6.45, 7) is 0. The summed E-state index contributed by atoms with van der Waals surface area (Å²) < 4.78 is 9.03. The molecule has 0 N–H and O–H groups in total. The van der Waals surface area contributed by atoms with Crippen LogP contribution in [0.2, 0.25) is 0 Å². The number of anilines is 3. The molecule has 0 aliphatic heterocycles. The van der Waals surface area contributed by atoms with Gasteiger partial charge in [0.1, 0.15) is 11.2 Å². The molecule has 0 bridgehead atoms. The van der Waals surface area contributed by atoms with Gasteiger partial charge in [0.05, 0.1) is 28.1 Å². The maximum absolute atomic E-state index is 6.60. The highest BCUT2D eigenvalue weighted by atomic mass is 16.3. The Morgan fingerprint density at radius 2 is 0.825 bits per heavy atom. The molecule has 63 heavy (non-hydrogen) atoms. The fourth-order valence-corrected chi connectivity index (χ4v) is 9.56. The molecule has 0 amide bonds. The molecule has 0 spiro atoms. The van der Waals surface area contributed by atoms with Crippen LogP contribution in [0.25, 0.3) is 93.9 Å². The number of hydrogen-bond acceptors (Lipinski definition) is 2. The van der Waals surface area contributed by atoms with Crippen molar-refractivity contribution in [3.05, 3.63) is 243 Å². The van der Waals surface area contributed by atoms with Crippen molar-refractivity contribution < 1.29 is 4.42 Å². The SMILES string of the molecule is c1ccc(-c2ccc(-c3ccccc3N(c3cccc(-c4cccc5c4oc4ccccc45)c3)c3ccccc3-c3ccccc3-n3c4ccccc4c4ccccc43)cc2)cc1. The zero-order valence-corrected chi connectivity index (χ0v) is 34.4. The van der Waals surface area contributed by atoms with Crippen LogP contribution in [0.1, 0.15) is 0 Å². The zero-order valence-electron chi connectivity index (χ0n) is 34.4. The predicted molar refractivity (Wildman–Crippen MR) is 264 cm³/mol. The molecule has 0 fully saturated rings. The van der Waals surface area contributed by atoms with E-state index in [2.05, 4.69) is 246 Å². The molecule has 0 aliphatic rings. The predicted octanol–water partition coefficient (Wildman–Crippen LogP) is 16.8. The monoisotopic (exact) mass is 804 g/mol. The zero-order chi connectivity index (χ0) is 41.7. The van der Waals surface area contributed by atoms with Crippen LogP contribution in [0.4, 0.5) is 17.1 Å². The number of hydrogen-bond donors (Lipinski definition) is 0. The van der Waals surface area contributed by atoms with Gasteiger partial charge in [0.25, 0.3) is 0 Å². The Morgan fingerprint density at radius 3 is 1.59 bits per heavy atom. The fraction of sp³-hybridized carbons (Fsp3) is 0. The number of rotatable bonds is 8. The van der Waals surface area contributed by atoms with Gasteiger partial charge in [-0.05, 0) is 70.8 Å². The molecule has 10 aromatic carbocycles. The summed E-state index contributed by atoms with van der Waals surface area (Å²) >= 11 is 0. The van der Waals surface area contributed by atoms with E-state index in [1.165, 1.54) is 32.9 Å². The molecule has 3 heteroatoms. The van der Waals surface area contributed by atoms with E-state index < -0.39 is 0 Å². The van der Waals surface area contributed by atoms with Crippen molar-refractivity contribution in [1.29, 1.82) is 0 Å². The number of aromatic nitrogens is 1. The molecule has 0 atom stereocenters. The molecule has 12 aromatic rings. The second-order valence-electron chi connectivity index (χ2n) is 16.0. The smallest absolute Gasteiger partial charge is 0.143 e. The number of furan rings is 1. The minimum atomic E-state index is 0.890. The maximum Gasteiger partial charge on any atom is 0.143 e. The van der Waals surface area contributed by atoms with Gasteiger partial charge in [0.15, 0.2) is 0 Å². The Labute approximate surface area is 366 Å². The molecule has 0 saturated carbocycles. The first kappa shape index (κ1) is 36.5. The van der Waals surface area contributed by atoms with E-state index in [1.54, 1.807) is 0 Å².